The molecule has 1 N–H and O–H groups in total. The Hall–Kier alpha value is -2.98. The average Bonchev–Trinajstić information content (AvgIpc) is 3.63. The molecule has 0 radical (unpaired) electrons. The fraction of sp³-hybridized carbons (Fsp3) is 0.391. The summed E-state index contributed by atoms with van der Waals surface area (Å²) in [5.41, 5.74) is -0.688. The van der Waals surface area contributed by atoms with E-state index in [4.69, 9.17) is 4.74 Å². The topological polar surface area (TPSA) is 96.0 Å². The molecule has 1 saturated heterocycles. The molecule has 8 nitrogen and oxygen atoms in total. The monoisotopic (exact) mass is 475 g/mol. The lowest BCUT2D eigenvalue weighted by Crippen LogP contribution is -2.70. The maximum absolute atomic E-state index is 13.3. The van der Waals surface area contributed by atoms with Crippen molar-refractivity contribution >= 4 is 21.8 Å². The molecule has 1 saturated carbocycles. The number of hydrogen-bond donors (Lipinski definition) is 1. The smallest absolute Gasteiger partial charge is 0.247 e. The van der Waals surface area contributed by atoms with Gasteiger partial charge in [-0.1, -0.05) is 12.1 Å². The maximum Gasteiger partial charge on any atom is 0.247 e. The number of carbonyl (C=O) groups is 2. The SMILES string of the molecule is COc1ccc(S(=O)(=O)N2CC(=O)N(C3CC3)[C@@](C)(C(=O)NCc3ccc(F)cc3)C2)cc1. The van der Waals surface area contributed by atoms with Crippen LogP contribution in [0.4, 0.5) is 4.39 Å². The predicted molar refractivity (Wildman–Crippen MR) is 118 cm³/mol. The van der Waals surface area contributed by atoms with Crippen LogP contribution in [0.5, 0.6) is 5.75 Å². The van der Waals surface area contributed by atoms with Gasteiger partial charge in [0, 0.05) is 19.1 Å². The Morgan fingerprint density at radius 2 is 1.79 bits per heavy atom. The Kier molecular flexibility index (Phi) is 6.15. The van der Waals surface area contributed by atoms with Gasteiger partial charge in [-0.25, -0.2) is 12.8 Å². The van der Waals surface area contributed by atoms with Crippen molar-refractivity contribution in [2.75, 3.05) is 20.2 Å². The highest BCUT2D eigenvalue weighted by Crippen LogP contribution is 2.37. The van der Waals surface area contributed by atoms with Crippen molar-refractivity contribution in [2.45, 2.75) is 42.8 Å². The number of ether oxygens (including phenoxy) is 1. The van der Waals surface area contributed by atoms with Crippen LogP contribution in [0.3, 0.4) is 0 Å². The Morgan fingerprint density at radius 1 is 1.15 bits per heavy atom. The number of carbonyl (C=O) groups excluding carboxylic acids is 2. The largest absolute Gasteiger partial charge is 0.497 e. The summed E-state index contributed by atoms with van der Waals surface area (Å²) in [7, 11) is -2.54. The van der Waals surface area contributed by atoms with Gasteiger partial charge in [-0.3, -0.25) is 9.59 Å². The van der Waals surface area contributed by atoms with E-state index in [9.17, 15) is 22.4 Å². The van der Waals surface area contributed by atoms with Crippen LogP contribution in [0.1, 0.15) is 25.3 Å². The third-order valence-corrected chi connectivity index (χ3v) is 7.87. The van der Waals surface area contributed by atoms with Crippen molar-refractivity contribution in [2.24, 2.45) is 0 Å². The molecular formula is C23H26FN3O5S. The number of amides is 2. The highest BCUT2D eigenvalue weighted by Gasteiger charge is 2.54. The summed E-state index contributed by atoms with van der Waals surface area (Å²) in [4.78, 5) is 28.0. The molecule has 2 fully saturated rings. The van der Waals surface area contributed by atoms with E-state index in [1.165, 1.54) is 48.4 Å². The van der Waals surface area contributed by atoms with E-state index in [2.05, 4.69) is 5.32 Å². The molecule has 2 amide bonds. The van der Waals surface area contributed by atoms with Crippen LogP contribution in [-0.2, 0) is 26.2 Å². The molecular weight excluding hydrogens is 449 g/mol. The van der Waals surface area contributed by atoms with E-state index in [0.29, 0.717) is 11.3 Å². The van der Waals surface area contributed by atoms with Gasteiger partial charge in [0.05, 0.1) is 18.6 Å². The van der Waals surface area contributed by atoms with Crippen LogP contribution in [0.15, 0.2) is 53.4 Å². The quantitative estimate of drug-likeness (QED) is 0.660. The standard InChI is InChI=1S/C23H26FN3O5S/c1-23(22(29)25-13-16-3-5-17(24)6-4-16)15-26(14-21(28)27(23)18-7-8-18)33(30,31)20-11-9-19(32-2)10-12-20/h3-6,9-12,18H,7-8,13-15H2,1-2H3,(H,25,29)/t23-/m1/s1. The molecule has 2 aromatic rings. The van der Waals surface area contributed by atoms with Gasteiger partial charge in [0.1, 0.15) is 17.1 Å². The predicted octanol–water partition coefficient (Wildman–Crippen LogP) is 1.90. The van der Waals surface area contributed by atoms with Crippen molar-refractivity contribution in [1.82, 2.24) is 14.5 Å². The highest BCUT2D eigenvalue weighted by atomic mass is 32.2. The Labute approximate surface area is 192 Å². The minimum absolute atomic E-state index is 0.0186. The van der Waals surface area contributed by atoms with Gasteiger partial charge in [0.25, 0.3) is 0 Å². The van der Waals surface area contributed by atoms with Gasteiger partial charge in [0.15, 0.2) is 0 Å². The minimum Gasteiger partial charge on any atom is -0.497 e. The molecule has 1 aliphatic carbocycles. The average molecular weight is 476 g/mol. The van der Waals surface area contributed by atoms with Gasteiger partial charge in [-0.2, -0.15) is 4.31 Å². The van der Waals surface area contributed by atoms with Crippen LogP contribution in [0.25, 0.3) is 0 Å². The minimum atomic E-state index is -4.02. The van der Waals surface area contributed by atoms with Crippen molar-refractivity contribution in [3.8, 4) is 5.75 Å². The summed E-state index contributed by atoms with van der Waals surface area (Å²) in [5.74, 6) is -0.732. The summed E-state index contributed by atoms with van der Waals surface area (Å²) in [6, 6.07) is 11.5. The molecule has 2 aliphatic rings. The zero-order valence-electron chi connectivity index (χ0n) is 18.5. The van der Waals surface area contributed by atoms with E-state index in [1.807, 2.05) is 0 Å². The molecule has 176 valence electrons. The second kappa shape index (κ2) is 8.75. The van der Waals surface area contributed by atoms with Crippen LogP contribution >= 0.6 is 0 Å². The van der Waals surface area contributed by atoms with Crippen LogP contribution in [-0.4, -0.2) is 61.2 Å². The number of piperazine rings is 1. The van der Waals surface area contributed by atoms with Gasteiger partial charge >= 0.3 is 0 Å². The Bertz CT molecular complexity index is 1150. The third-order valence-electron chi connectivity index (χ3n) is 6.06. The number of halogens is 1. The fourth-order valence-corrected chi connectivity index (χ4v) is 5.62. The van der Waals surface area contributed by atoms with Crippen molar-refractivity contribution in [1.29, 1.82) is 0 Å². The van der Waals surface area contributed by atoms with E-state index in [1.54, 1.807) is 19.1 Å². The Balaban J connectivity index is 1.59. The zero-order valence-corrected chi connectivity index (χ0v) is 19.3. The first-order valence-corrected chi connectivity index (χ1v) is 12.1. The van der Waals surface area contributed by atoms with Crippen molar-refractivity contribution in [3.05, 3.63) is 59.9 Å². The van der Waals surface area contributed by atoms with E-state index >= 15 is 0 Å². The lowest BCUT2D eigenvalue weighted by atomic mass is 9.95. The van der Waals surface area contributed by atoms with Crippen LogP contribution < -0.4 is 10.1 Å². The van der Waals surface area contributed by atoms with Crippen molar-refractivity contribution in [3.63, 3.8) is 0 Å². The number of benzene rings is 2. The Morgan fingerprint density at radius 3 is 2.36 bits per heavy atom. The normalized spacial score (nSPS) is 21.7. The first-order chi connectivity index (χ1) is 15.6. The van der Waals surface area contributed by atoms with Crippen LogP contribution in [0, 0.1) is 5.82 Å². The second-order valence-corrected chi connectivity index (χ2v) is 10.5. The van der Waals surface area contributed by atoms with Gasteiger partial charge in [-0.05, 0) is 61.7 Å². The molecule has 0 bridgehead atoms. The highest BCUT2D eigenvalue weighted by molar-refractivity contribution is 7.89. The first-order valence-electron chi connectivity index (χ1n) is 10.6. The third kappa shape index (κ3) is 4.58. The molecule has 10 heteroatoms. The molecule has 4 rings (SSSR count). The molecule has 1 heterocycles. The first kappa shape index (κ1) is 23.2. The molecule has 0 unspecified atom stereocenters. The number of nitrogens with one attached hydrogen (secondary N) is 1. The summed E-state index contributed by atoms with van der Waals surface area (Å²) < 4.78 is 45.9. The summed E-state index contributed by atoms with van der Waals surface area (Å²) in [6.45, 7) is 1.23. The molecule has 33 heavy (non-hydrogen) atoms. The summed E-state index contributed by atoms with van der Waals surface area (Å²) in [6.07, 6.45) is 1.55. The van der Waals surface area contributed by atoms with Gasteiger partial charge in [0.2, 0.25) is 21.8 Å². The second-order valence-electron chi connectivity index (χ2n) is 8.53. The number of hydrogen-bond acceptors (Lipinski definition) is 5. The lowest BCUT2D eigenvalue weighted by Gasteiger charge is -2.47. The van der Waals surface area contributed by atoms with Gasteiger partial charge < -0.3 is 15.0 Å². The summed E-state index contributed by atoms with van der Waals surface area (Å²) >= 11 is 0. The van der Waals surface area contributed by atoms with E-state index in [0.717, 1.165) is 17.1 Å². The van der Waals surface area contributed by atoms with E-state index in [-0.39, 0.29) is 36.4 Å². The number of rotatable bonds is 7. The molecule has 0 spiro atoms. The lowest BCUT2D eigenvalue weighted by molar-refractivity contribution is -0.153. The zero-order chi connectivity index (χ0) is 23.8. The number of sulfonamides is 1. The van der Waals surface area contributed by atoms with Gasteiger partial charge in [-0.15, -0.1) is 0 Å². The maximum atomic E-state index is 13.3. The molecule has 1 aliphatic heterocycles. The molecule has 1 atom stereocenters. The fourth-order valence-electron chi connectivity index (χ4n) is 4.14. The van der Waals surface area contributed by atoms with E-state index < -0.39 is 27.4 Å². The molecule has 0 aromatic heterocycles. The summed E-state index contributed by atoms with van der Waals surface area (Å²) in [5, 5.41) is 2.80. The number of methoxy groups -OCH3 is 1. The van der Waals surface area contributed by atoms with Crippen molar-refractivity contribution < 1.29 is 27.1 Å². The molecule has 2 aromatic carbocycles. The van der Waals surface area contributed by atoms with Crippen LogP contribution in [0.2, 0.25) is 0 Å². The number of nitrogens with zero attached hydrogens (tertiary/aromatic N) is 2.